The number of aromatic amines is 1. The van der Waals surface area contributed by atoms with Gasteiger partial charge in [-0.2, -0.15) is 0 Å². The summed E-state index contributed by atoms with van der Waals surface area (Å²) < 4.78 is 2.01. The number of rotatable bonds is 4. The number of nitrogens with one attached hydrogen (secondary N) is 1. The van der Waals surface area contributed by atoms with Crippen LogP contribution in [0.4, 0.5) is 11.4 Å². The Bertz CT molecular complexity index is 1060. The molecule has 1 aliphatic heterocycles. The molecule has 2 aliphatic rings. The van der Waals surface area contributed by atoms with Crippen molar-refractivity contribution in [3.05, 3.63) is 32.5 Å². The number of hydrogen-bond donors (Lipinski definition) is 2. The molecule has 2 radical (unpaired) electrons. The van der Waals surface area contributed by atoms with Crippen LogP contribution in [-0.2, 0) is 0 Å². The van der Waals surface area contributed by atoms with Crippen molar-refractivity contribution in [2.75, 3.05) is 23.7 Å². The summed E-state index contributed by atoms with van der Waals surface area (Å²) in [4.78, 5) is 29.6. The van der Waals surface area contributed by atoms with Crippen molar-refractivity contribution >= 4 is 39.1 Å². The van der Waals surface area contributed by atoms with Gasteiger partial charge in [0.15, 0.2) is 0 Å². The Kier molecular flexibility index (Phi) is 4.55. The van der Waals surface area contributed by atoms with Gasteiger partial charge in [0.05, 0.1) is 0 Å². The van der Waals surface area contributed by atoms with Gasteiger partial charge in [-0.1, -0.05) is 0 Å². The molecular weight excluding hydrogens is 405 g/mol. The molecule has 1 saturated carbocycles. The van der Waals surface area contributed by atoms with E-state index >= 15 is 0 Å². The Morgan fingerprint density at radius 2 is 2.15 bits per heavy atom. The Morgan fingerprint density at radius 1 is 1.41 bits per heavy atom. The van der Waals surface area contributed by atoms with Crippen LogP contribution in [0.5, 0.6) is 0 Å². The first kappa shape index (κ1) is 18.2. The number of H-pyrrole nitrogens is 1. The second-order valence-corrected chi connectivity index (χ2v) is 9.01. The fourth-order valence-corrected chi connectivity index (χ4v) is 4.91. The average molecular weight is 427 g/mol. The zero-order valence-corrected chi connectivity index (χ0v) is 17.1. The minimum absolute atomic E-state index is 0.143. The van der Waals surface area contributed by atoms with E-state index in [1.165, 1.54) is 0 Å². The summed E-state index contributed by atoms with van der Waals surface area (Å²) in [5.41, 5.74) is 8.49. The number of benzene rings is 1. The molecule has 27 heavy (non-hydrogen) atoms. The van der Waals surface area contributed by atoms with Crippen molar-refractivity contribution in [3.8, 4) is 6.07 Å². The van der Waals surface area contributed by atoms with E-state index in [0.717, 1.165) is 43.6 Å². The van der Waals surface area contributed by atoms with Crippen molar-refractivity contribution in [1.29, 1.82) is 5.26 Å². The molecule has 2 heterocycles. The molecular formula is C19H22AsN5O2. The minimum atomic E-state index is -0.418. The van der Waals surface area contributed by atoms with E-state index in [-0.39, 0.29) is 16.4 Å². The van der Waals surface area contributed by atoms with Crippen LogP contribution in [0.25, 0.3) is 10.9 Å². The number of nitrogens with zero attached hydrogens (tertiary/aromatic N) is 3. The zero-order valence-electron chi connectivity index (χ0n) is 15.2. The van der Waals surface area contributed by atoms with E-state index in [4.69, 9.17) is 11.0 Å². The van der Waals surface area contributed by atoms with Gasteiger partial charge in [0.2, 0.25) is 0 Å². The van der Waals surface area contributed by atoms with Gasteiger partial charge >= 0.3 is 165 Å². The monoisotopic (exact) mass is 427 g/mol. The molecule has 3 N–H and O–H groups in total. The van der Waals surface area contributed by atoms with Crippen LogP contribution in [0.15, 0.2) is 15.7 Å². The van der Waals surface area contributed by atoms with E-state index in [2.05, 4.69) is 32.8 Å². The maximum atomic E-state index is 12.5. The number of hydrogen-bond acceptors (Lipinski definition) is 5. The van der Waals surface area contributed by atoms with Gasteiger partial charge in [-0.15, -0.1) is 0 Å². The molecule has 8 heteroatoms. The Hall–Kier alpha value is -2.19. The fraction of sp³-hybridized carbons (Fsp3) is 0.526. The van der Waals surface area contributed by atoms with Gasteiger partial charge in [0, 0.05) is 0 Å². The van der Waals surface area contributed by atoms with E-state index in [9.17, 15) is 9.59 Å². The number of aryl methyl sites for hydroxylation is 1. The van der Waals surface area contributed by atoms with Gasteiger partial charge in [0.25, 0.3) is 0 Å². The molecule has 1 aliphatic carbocycles. The summed E-state index contributed by atoms with van der Waals surface area (Å²) in [6.07, 6.45) is 3.44. The van der Waals surface area contributed by atoms with Crippen LogP contribution in [-0.4, -0.2) is 39.5 Å². The number of fused-ring (bicyclic) bond motifs is 1. The van der Waals surface area contributed by atoms with E-state index in [1.54, 1.807) is 4.57 Å². The molecule has 2 atom stereocenters. The van der Waals surface area contributed by atoms with E-state index < -0.39 is 5.56 Å². The maximum absolute atomic E-state index is 12.5. The van der Waals surface area contributed by atoms with Crippen molar-refractivity contribution in [2.45, 2.75) is 43.4 Å². The standard InChI is InChI=1S/C19H22AsN5O2/c1-10-15(24-7-5-11(9-24)13(20)4-6-21)8-14(22)16-17(10)25(12-2-3-12)19(27)23-18(16)26/h8,11-13H,2-5,7,9,22H2,1H3,(H,23,26,27). The summed E-state index contributed by atoms with van der Waals surface area (Å²) in [6, 6.07) is 4.26. The molecule has 140 valence electrons. The van der Waals surface area contributed by atoms with Crippen molar-refractivity contribution < 1.29 is 0 Å². The third kappa shape index (κ3) is 3.06. The van der Waals surface area contributed by atoms with Crippen LogP contribution in [0.1, 0.15) is 37.3 Å². The second kappa shape index (κ2) is 6.76. The van der Waals surface area contributed by atoms with Crippen LogP contribution >= 0.6 is 0 Å². The predicted molar refractivity (Wildman–Crippen MR) is 106 cm³/mol. The van der Waals surface area contributed by atoms with Crippen molar-refractivity contribution in [2.24, 2.45) is 5.92 Å². The molecule has 2 unspecified atom stereocenters. The number of nitrogens with two attached hydrogens (primary N) is 1. The molecule has 4 rings (SSSR count). The predicted octanol–water partition coefficient (Wildman–Crippen LogP) is 1.61. The summed E-state index contributed by atoms with van der Waals surface area (Å²) in [7, 11) is 0. The molecule has 0 bridgehead atoms. The molecule has 2 aromatic rings. The number of nitriles is 1. The molecule has 1 saturated heterocycles. The molecule has 1 aromatic heterocycles. The summed E-state index contributed by atoms with van der Waals surface area (Å²) in [5.74, 6) is 0.436. The molecule has 0 spiro atoms. The normalized spacial score (nSPS) is 20.8. The average Bonchev–Trinajstić information content (AvgIpc) is 3.32. The number of nitrogen functional groups attached to an aromatic ring is 1. The third-order valence-electron chi connectivity index (χ3n) is 5.79. The van der Waals surface area contributed by atoms with Crippen molar-refractivity contribution in [1.82, 2.24) is 9.55 Å². The van der Waals surface area contributed by atoms with Gasteiger partial charge in [-0.3, -0.25) is 0 Å². The van der Waals surface area contributed by atoms with Gasteiger partial charge in [-0.25, -0.2) is 0 Å². The molecule has 0 amide bonds. The van der Waals surface area contributed by atoms with E-state index in [1.807, 2.05) is 13.0 Å². The zero-order chi connectivity index (χ0) is 19.3. The van der Waals surface area contributed by atoms with Gasteiger partial charge in [-0.05, 0) is 0 Å². The van der Waals surface area contributed by atoms with Gasteiger partial charge < -0.3 is 0 Å². The first-order chi connectivity index (χ1) is 12.9. The fourth-order valence-electron chi connectivity index (χ4n) is 4.22. The molecule has 2 fully saturated rings. The third-order valence-corrected chi connectivity index (χ3v) is 7.05. The SMILES string of the molecule is Cc1c(N2CCC(C([As])CC#N)C2)cc(N)c2c(=O)[nH]c(=O)n(C3CC3)c12. The number of aromatic nitrogens is 2. The van der Waals surface area contributed by atoms with Crippen LogP contribution in [0.3, 0.4) is 0 Å². The molecule has 7 nitrogen and oxygen atoms in total. The van der Waals surface area contributed by atoms with Crippen molar-refractivity contribution in [3.63, 3.8) is 0 Å². The first-order valence-corrected chi connectivity index (χ1v) is 10.4. The molecule has 1 aromatic carbocycles. The Balaban J connectivity index is 1.83. The van der Waals surface area contributed by atoms with Crippen LogP contribution < -0.4 is 21.9 Å². The number of anilines is 2. The van der Waals surface area contributed by atoms with E-state index in [0.29, 0.717) is 28.9 Å². The summed E-state index contributed by atoms with van der Waals surface area (Å²) in [5, 5.41) is 9.37. The summed E-state index contributed by atoms with van der Waals surface area (Å²) in [6.45, 7) is 3.70. The first-order valence-electron chi connectivity index (χ1n) is 9.30. The van der Waals surface area contributed by atoms with Crippen LogP contribution in [0, 0.1) is 24.2 Å². The van der Waals surface area contributed by atoms with Crippen LogP contribution in [0.2, 0.25) is 4.71 Å². The summed E-state index contributed by atoms with van der Waals surface area (Å²) >= 11 is 2.63. The quantitative estimate of drug-likeness (QED) is 0.570. The Morgan fingerprint density at radius 3 is 2.81 bits per heavy atom. The second-order valence-electron chi connectivity index (χ2n) is 7.62. The Labute approximate surface area is 165 Å². The van der Waals surface area contributed by atoms with Gasteiger partial charge in [0.1, 0.15) is 0 Å². The topological polar surface area (TPSA) is 108 Å².